The smallest absolute Gasteiger partial charge is 0.223 e. The minimum absolute atomic E-state index is 0.0454. The average molecular weight is 302 g/mol. The molecule has 2 aromatic heterocycles. The third-order valence-electron chi connectivity index (χ3n) is 3.19. The van der Waals surface area contributed by atoms with E-state index in [1.807, 2.05) is 0 Å². The monoisotopic (exact) mass is 301 g/mol. The fraction of sp³-hybridized carbons (Fsp3) is 0.500. The number of hydrogen-bond donors (Lipinski definition) is 4. The van der Waals surface area contributed by atoms with Crippen molar-refractivity contribution in [2.45, 2.75) is 24.5 Å². The topological polar surface area (TPSA) is 140 Å². The zero-order valence-corrected chi connectivity index (χ0v) is 10.8. The van der Waals surface area contributed by atoms with Crippen molar-refractivity contribution in [1.82, 2.24) is 19.5 Å². The van der Waals surface area contributed by atoms with E-state index in [1.54, 1.807) is 0 Å². The highest BCUT2D eigenvalue weighted by Crippen LogP contribution is 2.32. The predicted molar refractivity (Wildman–Crippen MR) is 67.8 cm³/mol. The van der Waals surface area contributed by atoms with Crippen molar-refractivity contribution in [1.29, 1.82) is 0 Å². The van der Waals surface area contributed by atoms with Crippen LogP contribution in [0, 0.1) is 0 Å². The van der Waals surface area contributed by atoms with Gasteiger partial charge >= 0.3 is 0 Å². The van der Waals surface area contributed by atoms with Gasteiger partial charge in [-0.3, -0.25) is 4.57 Å². The third-order valence-corrected chi connectivity index (χ3v) is 3.45. The van der Waals surface area contributed by atoms with Crippen LogP contribution in [0.4, 0.5) is 5.95 Å². The Bertz CT molecular complexity index is 650. The Balaban J connectivity index is 2.07. The summed E-state index contributed by atoms with van der Waals surface area (Å²) in [6, 6.07) is 0. The summed E-state index contributed by atoms with van der Waals surface area (Å²) in [5, 5.41) is 28.9. The number of imidazole rings is 1. The van der Waals surface area contributed by atoms with Crippen molar-refractivity contribution in [2.24, 2.45) is 0 Å². The van der Waals surface area contributed by atoms with Crippen LogP contribution >= 0.6 is 11.6 Å². The highest BCUT2D eigenvalue weighted by Gasteiger charge is 2.44. The molecule has 2 aromatic rings. The molecule has 10 heteroatoms. The van der Waals surface area contributed by atoms with Gasteiger partial charge in [0.2, 0.25) is 5.95 Å². The molecular formula is C10H12ClN5O4. The van der Waals surface area contributed by atoms with Gasteiger partial charge < -0.3 is 25.8 Å². The SMILES string of the molecule is Nc1nc(Cl)c2ncn([C@@H]3O[C@H](CO)[C@H](O)C3O)c2n1. The van der Waals surface area contributed by atoms with Crippen molar-refractivity contribution < 1.29 is 20.1 Å². The van der Waals surface area contributed by atoms with E-state index in [0.717, 1.165) is 0 Å². The Morgan fingerprint density at radius 1 is 1.35 bits per heavy atom. The molecule has 1 aliphatic heterocycles. The first kappa shape index (κ1) is 13.5. The van der Waals surface area contributed by atoms with Crippen LogP contribution in [-0.2, 0) is 4.74 Å². The quantitative estimate of drug-likeness (QED) is 0.500. The van der Waals surface area contributed by atoms with Gasteiger partial charge in [-0.2, -0.15) is 9.97 Å². The predicted octanol–water partition coefficient (Wildman–Crippen LogP) is -1.33. The van der Waals surface area contributed by atoms with E-state index in [-0.39, 0.29) is 16.7 Å². The van der Waals surface area contributed by atoms with Gasteiger partial charge in [-0.15, -0.1) is 0 Å². The van der Waals surface area contributed by atoms with E-state index >= 15 is 0 Å². The summed E-state index contributed by atoms with van der Waals surface area (Å²) in [6.07, 6.45) is -2.93. The van der Waals surface area contributed by atoms with Gasteiger partial charge in [0.15, 0.2) is 17.0 Å². The lowest BCUT2D eigenvalue weighted by atomic mass is 10.1. The zero-order chi connectivity index (χ0) is 14.4. The van der Waals surface area contributed by atoms with Gasteiger partial charge in [-0.25, -0.2) is 4.98 Å². The number of ether oxygens (including phenoxy) is 1. The molecule has 0 saturated carbocycles. The summed E-state index contributed by atoms with van der Waals surface area (Å²) in [5.41, 5.74) is 6.11. The van der Waals surface area contributed by atoms with Crippen LogP contribution < -0.4 is 5.73 Å². The Labute approximate surface area is 117 Å². The molecule has 0 aromatic carbocycles. The number of fused-ring (bicyclic) bond motifs is 1. The number of aliphatic hydroxyl groups is 3. The Morgan fingerprint density at radius 3 is 2.75 bits per heavy atom. The molecule has 3 rings (SSSR count). The second kappa shape index (κ2) is 4.79. The standard InChI is InChI=1S/C10H12ClN5O4/c11-7-4-8(15-10(12)14-7)16(2-13-4)9-6(19)5(18)3(1-17)20-9/h2-3,5-6,9,17-19H,1H2,(H2,12,14,15)/t3-,5+,6?,9-/m1/s1. The molecule has 20 heavy (non-hydrogen) atoms. The van der Waals surface area contributed by atoms with Crippen LogP contribution in [-0.4, -0.2) is 59.8 Å². The highest BCUT2D eigenvalue weighted by atomic mass is 35.5. The van der Waals surface area contributed by atoms with E-state index in [1.165, 1.54) is 10.9 Å². The third kappa shape index (κ3) is 1.91. The summed E-state index contributed by atoms with van der Waals surface area (Å²) in [6.45, 7) is -0.417. The molecule has 1 unspecified atom stereocenters. The summed E-state index contributed by atoms with van der Waals surface area (Å²) < 4.78 is 6.79. The number of rotatable bonds is 2. The fourth-order valence-electron chi connectivity index (χ4n) is 2.19. The maximum absolute atomic E-state index is 9.99. The van der Waals surface area contributed by atoms with Gasteiger partial charge in [-0.05, 0) is 0 Å². The van der Waals surface area contributed by atoms with Crippen LogP contribution in [0.25, 0.3) is 11.2 Å². The molecule has 0 radical (unpaired) electrons. The first-order valence-corrected chi connectivity index (χ1v) is 6.18. The maximum atomic E-state index is 9.99. The van der Waals surface area contributed by atoms with Gasteiger partial charge in [-0.1, -0.05) is 11.6 Å². The van der Waals surface area contributed by atoms with Crippen LogP contribution in [0.15, 0.2) is 6.33 Å². The molecule has 0 aliphatic carbocycles. The van der Waals surface area contributed by atoms with E-state index in [2.05, 4.69) is 15.0 Å². The van der Waals surface area contributed by atoms with Crippen LogP contribution in [0.5, 0.6) is 0 Å². The van der Waals surface area contributed by atoms with Crippen molar-refractivity contribution in [2.75, 3.05) is 12.3 Å². The molecule has 9 nitrogen and oxygen atoms in total. The van der Waals surface area contributed by atoms with E-state index < -0.39 is 31.1 Å². The van der Waals surface area contributed by atoms with Crippen LogP contribution in [0.1, 0.15) is 6.23 Å². The Hall–Kier alpha value is -1.52. The molecule has 0 spiro atoms. The number of nitrogen functional groups attached to an aromatic ring is 1. The molecule has 108 valence electrons. The number of nitrogens with zero attached hydrogens (tertiary/aromatic N) is 4. The Morgan fingerprint density at radius 2 is 2.10 bits per heavy atom. The minimum atomic E-state index is -1.24. The molecule has 1 aliphatic rings. The van der Waals surface area contributed by atoms with Gasteiger partial charge in [0.25, 0.3) is 0 Å². The molecule has 5 N–H and O–H groups in total. The molecule has 0 amide bonds. The lowest BCUT2D eigenvalue weighted by Crippen LogP contribution is -2.33. The van der Waals surface area contributed by atoms with Gasteiger partial charge in [0.05, 0.1) is 12.9 Å². The highest BCUT2D eigenvalue weighted by molar-refractivity contribution is 6.33. The molecule has 3 heterocycles. The van der Waals surface area contributed by atoms with Crippen molar-refractivity contribution in [3.63, 3.8) is 0 Å². The first-order chi connectivity index (χ1) is 9.52. The van der Waals surface area contributed by atoms with Crippen molar-refractivity contribution in [3.8, 4) is 0 Å². The van der Waals surface area contributed by atoms with E-state index in [9.17, 15) is 10.2 Å². The molecule has 1 fully saturated rings. The molecule has 1 saturated heterocycles. The lowest BCUT2D eigenvalue weighted by molar-refractivity contribution is -0.0511. The number of aliphatic hydroxyl groups excluding tert-OH is 3. The minimum Gasteiger partial charge on any atom is -0.394 e. The lowest BCUT2D eigenvalue weighted by Gasteiger charge is -2.16. The largest absolute Gasteiger partial charge is 0.394 e. The maximum Gasteiger partial charge on any atom is 0.223 e. The molecular weight excluding hydrogens is 290 g/mol. The van der Waals surface area contributed by atoms with Crippen LogP contribution in [0.3, 0.4) is 0 Å². The van der Waals surface area contributed by atoms with Gasteiger partial charge in [0, 0.05) is 0 Å². The second-order valence-electron chi connectivity index (χ2n) is 4.43. The second-order valence-corrected chi connectivity index (χ2v) is 4.78. The van der Waals surface area contributed by atoms with E-state index in [4.69, 9.17) is 27.2 Å². The average Bonchev–Trinajstić information content (AvgIpc) is 2.93. The van der Waals surface area contributed by atoms with Crippen LogP contribution in [0.2, 0.25) is 5.15 Å². The van der Waals surface area contributed by atoms with Gasteiger partial charge in [0.1, 0.15) is 23.8 Å². The summed E-state index contributed by atoms with van der Waals surface area (Å²) in [4.78, 5) is 11.8. The summed E-state index contributed by atoms with van der Waals surface area (Å²) >= 11 is 5.90. The first-order valence-electron chi connectivity index (χ1n) is 5.81. The normalized spacial score (nSPS) is 30.2. The fourth-order valence-corrected chi connectivity index (χ4v) is 2.41. The molecule has 4 atom stereocenters. The number of halogens is 1. The number of nitrogens with two attached hydrogens (primary N) is 1. The Kier molecular flexibility index (Phi) is 3.22. The number of aromatic nitrogens is 4. The summed E-state index contributed by atoms with van der Waals surface area (Å²) in [7, 11) is 0. The number of hydrogen-bond acceptors (Lipinski definition) is 8. The zero-order valence-electron chi connectivity index (χ0n) is 10.1. The van der Waals surface area contributed by atoms with E-state index in [0.29, 0.717) is 5.52 Å². The number of anilines is 1. The summed E-state index contributed by atoms with van der Waals surface area (Å²) in [5.74, 6) is -0.0454. The molecule has 0 bridgehead atoms. The van der Waals surface area contributed by atoms with Crippen molar-refractivity contribution >= 4 is 28.7 Å². The van der Waals surface area contributed by atoms with Crippen molar-refractivity contribution in [3.05, 3.63) is 11.5 Å².